The van der Waals surface area contributed by atoms with Gasteiger partial charge in [0.1, 0.15) is 0 Å². The summed E-state index contributed by atoms with van der Waals surface area (Å²) in [6.45, 7) is 0. The summed E-state index contributed by atoms with van der Waals surface area (Å²) in [5.41, 5.74) is 1.02. The zero-order chi connectivity index (χ0) is 10.5. The minimum Gasteiger partial charge on any atom is -0.366 e. The lowest BCUT2D eigenvalue weighted by molar-refractivity contribution is 0.415. The third-order valence-electron chi connectivity index (χ3n) is 2.80. The van der Waals surface area contributed by atoms with Crippen molar-refractivity contribution < 1.29 is 0 Å². The van der Waals surface area contributed by atoms with Crippen LogP contribution >= 0.6 is 12.2 Å². The predicted molar refractivity (Wildman–Crippen MR) is 67.0 cm³/mol. The third-order valence-corrected chi connectivity index (χ3v) is 3.02. The molecule has 0 spiro atoms. The van der Waals surface area contributed by atoms with Gasteiger partial charge in [-0.15, -0.1) is 0 Å². The highest BCUT2D eigenvalue weighted by atomic mass is 32.1. The van der Waals surface area contributed by atoms with Crippen molar-refractivity contribution in [2.24, 2.45) is 0 Å². The SMILES string of the molecule is S=C(Nc1cc[nH]c1)NC1CCCCC1. The van der Waals surface area contributed by atoms with Crippen molar-refractivity contribution in [2.45, 2.75) is 38.1 Å². The number of aromatic nitrogens is 1. The van der Waals surface area contributed by atoms with Crippen LogP contribution in [0.2, 0.25) is 0 Å². The molecule has 2 rings (SSSR count). The van der Waals surface area contributed by atoms with E-state index in [9.17, 15) is 0 Å². The summed E-state index contributed by atoms with van der Waals surface area (Å²) in [7, 11) is 0. The van der Waals surface area contributed by atoms with Crippen molar-refractivity contribution in [3.63, 3.8) is 0 Å². The van der Waals surface area contributed by atoms with Gasteiger partial charge in [0.2, 0.25) is 0 Å². The van der Waals surface area contributed by atoms with Gasteiger partial charge >= 0.3 is 0 Å². The van der Waals surface area contributed by atoms with Gasteiger partial charge in [0.15, 0.2) is 5.11 Å². The van der Waals surface area contributed by atoms with Gasteiger partial charge < -0.3 is 15.6 Å². The second-order valence-electron chi connectivity index (χ2n) is 4.03. The summed E-state index contributed by atoms with van der Waals surface area (Å²) in [6.07, 6.45) is 10.3. The number of aromatic amines is 1. The Balaban J connectivity index is 1.76. The number of hydrogen-bond acceptors (Lipinski definition) is 1. The van der Waals surface area contributed by atoms with Crippen molar-refractivity contribution in [3.05, 3.63) is 18.5 Å². The van der Waals surface area contributed by atoms with E-state index in [1.165, 1.54) is 32.1 Å². The summed E-state index contributed by atoms with van der Waals surface area (Å²) in [6, 6.07) is 2.53. The number of anilines is 1. The maximum Gasteiger partial charge on any atom is 0.171 e. The van der Waals surface area contributed by atoms with Crippen LogP contribution in [0.5, 0.6) is 0 Å². The first-order chi connectivity index (χ1) is 7.34. The Morgan fingerprint density at radius 1 is 1.33 bits per heavy atom. The normalized spacial score (nSPS) is 17.3. The molecular weight excluding hydrogens is 206 g/mol. The lowest BCUT2D eigenvalue weighted by Crippen LogP contribution is -2.38. The van der Waals surface area contributed by atoms with Gasteiger partial charge in [0.25, 0.3) is 0 Å². The number of hydrogen-bond donors (Lipinski definition) is 3. The summed E-state index contributed by atoms with van der Waals surface area (Å²) >= 11 is 5.25. The molecule has 0 amide bonds. The number of rotatable bonds is 2. The van der Waals surface area contributed by atoms with Crippen LogP contribution in [0.4, 0.5) is 5.69 Å². The maximum absolute atomic E-state index is 5.25. The molecule has 0 unspecified atom stereocenters. The van der Waals surface area contributed by atoms with Crippen LogP contribution in [0.15, 0.2) is 18.5 Å². The molecule has 3 nitrogen and oxygen atoms in total. The fraction of sp³-hybridized carbons (Fsp3) is 0.545. The van der Waals surface area contributed by atoms with Crippen molar-refractivity contribution in [3.8, 4) is 0 Å². The minimum absolute atomic E-state index is 0.567. The Hall–Kier alpha value is -1.03. The van der Waals surface area contributed by atoms with E-state index in [1.807, 2.05) is 18.5 Å². The molecule has 0 atom stereocenters. The summed E-state index contributed by atoms with van der Waals surface area (Å²) in [5, 5.41) is 7.26. The van der Waals surface area contributed by atoms with E-state index in [2.05, 4.69) is 15.6 Å². The molecule has 0 saturated heterocycles. The number of thiocarbonyl (C=S) groups is 1. The fourth-order valence-corrected chi connectivity index (χ4v) is 2.29. The van der Waals surface area contributed by atoms with Crippen LogP contribution in [0, 0.1) is 0 Å². The molecule has 4 heteroatoms. The first kappa shape index (κ1) is 10.5. The monoisotopic (exact) mass is 223 g/mol. The van der Waals surface area contributed by atoms with Crippen molar-refractivity contribution in [1.82, 2.24) is 10.3 Å². The van der Waals surface area contributed by atoms with Crippen molar-refractivity contribution in [1.29, 1.82) is 0 Å². The largest absolute Gasteiger partial charge is 0.366 e. The Morgan fingerprint density at radius 3 is 2.80 bits per heavy atom. The van der Waals surface area contributed by atoms with Crippen molar-refractivity contribution >= 4 is 23.0 Å². The molecule has 1 aliphatic rings. The van der Waals surface area contributed by atoms with Gasteiger partial charge in [-0.3, -0.25) is 0 Å². The van der Waals surface area contributed by atoms with Crippen LogP contribution in [-0.2, 0) is 0 Å². The molecule has 1 aromatic rings. The lowest BCUT2D eigenvalue weighted by atomic mass is 9.96. The van der Waals surface area contributed by atoms with E-state index in [4.69, 9.17) is 12.2 Å². The second-order valence-corrected chi connectivity index (χ2v) is 4.44. The molecule has 0 aromatic carbocycles. The molecule has 1 aliphatic carbocycles. The molecule has 0 bridgehead atoms. The summed E-state index contributed by atoms with van der Waals surface area (Å²) < 4.78 is 0. The van der Waals surface area contributed by atoms with Crippen LogP contribution in [0.1, 0.15) is 32.1 Å². The predicted octanol–water partition coefficient (Wildman–Crippen LogP) is 2.63. The average Bonchev–Trinajstić information content (AvgIpc) is 2.71. The van der Waals surface area contributed by atoms with E-state index in [0.717, 1.165) is 10.8 Å². The van der Waals surface area contributed by atoms with Crippen LogP contribution in [0.25, 0.3) is 0 Å². The van der Waals surface area contributed by atoms with Gasteiger partial charge in [-0.25, -0.2) is 0 Å². The van der Waals surface area contributed by atoms with E-state index in [0.29, 0.717) is 6.04 Å². The Labute approximate surface area is 95.6 Å². The Kier molecular flexibility index (Phi) is 3.61. The number of H-pyrrole nitrogens is 1. The Bertz CT molecular complexity index is 302. The van der Waals surface area contributed by atoms with Gasteiger partial charge in [0, 0.05) is 18.4 Å². The minimum atomic E-state index is 0.567. The first-order valence-corrected chi connectivity index (χ1v) is 5.96. The molecule has 15 heavy (non-hydrogen) atoms. The van der Waals surface area contributed by atoms with Crippen LogP contribution in [0.3, 0.4) is 0 Å². The molecule has 1 aromatic heterocycles. The highest BCUT2D eigenvalue weighted by molar-refractivity contribution is 7.80. The molecule has 0 radical (unpaired) electrons. The zero-order valence-electron chi connectivity index (χ0n) is 8.75. The standard InChI is InChI=1S/C11H17N3S/c15-11(14-10-6-7-12-8-10)13-9-4-2-1-3-5-9/h6-9,12H,1-5H2,(H2,13,14,15). The smallest absolute Gasteiger partial charge is 0.171 e. The quantitative estimate of drug-likeness (QED) is 0.675. The molecule has 82 valence electrons. The van der Waals surface area contributed by atoms with E-state index in [1.54, 1.807) is 0 Å². The number of nitrogens with one attached hydrogen (secondary N) is 3. The maximum atomic E-state index is 5.25. The molecule has 1 saturated carbocycles. The van der Waals surface area contributed by atoms with Crippen LogP contribution in [-0.4, -0.2) is 16.1 Å². The zero-order valence-corrected chi connectivity index (χ0v) is 9.57. The lowest BCUT2D eigenvalue weighted by Gasteiger charge is -2.24. The summed E-state index contributed by atoms with van der Waals surface area (Å²) in [4.78, 5) is 2.99. The van der Waals surface area contributed by atoms with Gasteiger partial charge in [-0.1, -0.05) is 19.3 Å². The molecular formula is C11H17N3S. The summed E-state index contributed by atoms with van der Waals surface area (Å²) in [5.74, 6) is 0. The molecule has 1 fully saturated rings. The molecule has 1 heterocycles. The highest BCUT2D eigenvalue weighted by Gasteiger charge is 2.13. The van der Waals surface area contributed by atoms with E-state index < -0.39 is 0 Å². The molecule has 3 N–H and O–H groups in total. The Morgan fingerprint density at radius 2 is 2.13 bits per heavy atom. The topological polar surface area (TPSA) is 39.9 Å². The fourth-order valence-electron chi connectivity index (χ4n) is 2.00. The van der Waals surface area contributed by atoms with Gasteiger partial charge in [-0.2, -0.15) is 0 Å². The van der Waals surface area contributed by atoms with Gasteiger partial charge in [-0.05, 0) is 31.1 Å². The van der Waals surface area contributed by atoms with E-state index in [-0.39, 0.29) is 0 Å². The average molecular weight is 223 g/mol. The van der Waals surface area contributed by atoms with Crippen LogP contribution < -0.4 is 10.6 Å². The second kappa shape index (κ2) is 5.16. The van der Waals surface area contributed by atoms with Crippen molar-refractivity contribution in [2.75, 3.05) is 5.32 Å². The van der Waals surface area contributed by atoms with Gasteiger partial charge in [0.05, 0.1) is 5.69 Å². The first-order valence-electron chi connectivity index (χ1n) is 5.55. The van der Waals surface area contributed by atoms with E-state index >= 15 is 0 Å². The third kappa shape index (κ3) is 3.23. The molecule has 0 aliphatic heterocycles. The highest BCUT2D eigenvalue weighted by Crippen LogP contribution is 2.17.